The van der Waals surface area contributed by atoms with Gasteiger partial charge < -0.3 is 4.90 Å². The second kappa shape index (κ2) is 9.03. The SMILES string of the molecule is C=CCN(CC1CCCCC1)C(=O)Cc1c(C)nn(-c2ccccc2)c1C. The van der Waals surface area contributed by atoms with E-state index in [-0.39, 0.29) is 5.91 Å². The van der Waals surface area contributed by atoms with E-state index in [1.54, 1.807) is 0 Å². The predicted octanol–water partition coefficient (Wildman–Crippen LogP) is 4.63. The highest BCUT2D eigenvalue weighted by molar-refractivity contribution is 5.79. The number of amides is 1. The summed E-state index contributed by atoms with van der Waals surface area (Å²) in [5.74, 6) is 0.816. The van der Waals surface area contributed by atoms with Crippen LogP contribution in [0.1, 0.15) is 49.1 Å². The van der Waals surface area contributed by atoms with Crippen molar-refractivity contribution in [3.05, 3.63) is 59.9 Å². The quantitative estimate of drug-likeness (QED) is 0.671. The summed E-state index contributed by atoms with van der Waals surface area (Å²) >= 11 is 0. The summed E-state index contributed by atoms with van der Waals surface area (Å²) in [7, 11) is 0. The van der Waals surface area contributed by atoms with Gasteiger partial charge in [0, 0.05) is 24.3 Å². The maximum absolute atomic E-state index is 13.1. The van der Waals surface area contributed by atoms with Gasteiger partial charge in [0.05, 0.1) is 17.8 Å². The van der Waals surface area contributed by atoms with Gasteiger partial charge in [-0.2, -0.15) is 5.10 Å². The van der Waals surface area contributed by atoms with Crippen LogP contribution in [-0.4, -0.2) is 33.7 Å². The van der Waals surface area contributed by atoms with Gasteiger partial charge in [-0.3, -0.25) is 4.79 Å². The van der Waals surface area contributed by atoms with Crippen molar-refractivity contribution in [1.82, 2.24) is 14.7 Å². The summed E-state index contributed by atoms with van der Waals surface area (Å²) in [5, 5.41) is 4.68. The molecular formula is C23H31N3O. The first-order valence-corrected chi connectivity index (χ1v) is 10.1. The number of para-hydroxylation sites is 1. The number of aryl methyl sites for hydroxylation is 1. The van der Waals surface area contributed by atoms with Gasteiger partial charge in [0.25, 0.3) is 0 Å². The van der Waals surface area contributed by atoms with Gasteiger partial charge in [0.1, 0.15) is 0 Å². The molecule has 1 aliphatic carbocycles. The van der Waals surface area contributed by atoms with E-state index in [0.717, 1.165) is 29.2 Å². The topological polar surface area (TPSA) is 38.1 Å². The number of benzene rings is 1. The van der Waals surface area contributed by atoms with Gasteiger partial charge in [0.2, 0.25) is 5.91 Å². The average molecular weight is 366 g/mol. The summed E-state index contributed by atoms with van der Waals surface area (Å²) in [6, 6.07) is 10.1. The first-order chi connectivity index (χ1) is 13.1. The Morgan fingerprint density at radius 2 is 1.93 bits per heavy atom. The Labute approximate surface area is 162 Å². The zero-order chi connectivity index (χ0) is 19.2. The summed E-state index contributed by atoms with van der Waals surface area (Å²) in [4.78, 5) is 15.1. The third-order valence-electron chi connectivity index (χ3n) is 5.68. The van der Waals surface area contributed by atoms with Crippen LogP contribution in [0.4, 0.5) is 0 Å². The molecule has 144 valence electrons. The predicted molar refractivity (Wildman–Crippen MR) is 110 cm³/mol. The number of hydrogen-bond donors (Lipinski definition) is 0. The molecule has 0 aliphatic heterocycles. The summed E-state index contributed by atoms with van der Waals surface area (Å²) in [6.45, 7) is 9.38. The zero-order valence-corrected chi connectivity index (χ0v) is 16.7. The molecule has 0 unspecified atom stereocenters. The van der Waals surface area contributed by atoms with Gasteiger partial charge in [-0.25, -0.2) is 4.68 Å². The molecule has 0 bridgehead atoms. The molecule has 0 N–H and O–H groups in total. The fraction of sp³-hybridized carbons (Fsp3) is 0.478. The van der Waals surface area contributed by atoms with E-state index in [0.29, 0.717) is 18.9 Å². The highest BCUT2D eigenvalue weighted by Gasteiger charge is 2.23. The molecular weight excluding hydrogens is 334 g/mol. The van der Waals surface area contributed by atoms with Crippen LogP contribution in [0, 0.1) is 19.8 Å². The van der Waals surface area contributed by atoms with Crippen LogP contribution in [-0.2, 0) is 11.2 Å². The monoisotopic (exact) mass is 365 g/mol. The number of nitrogens with zero attached hydrogens (tertiary/aromatic N) is 3. The normalized spacial score (nSPS) is 14.9. The largest absolute Gasteiger partial charge is 0.338 e. The van der Waals surface area contributed by atoms with Crippen molar-refractivity contribution in [2.75, 3.05) is 13.1 Å². The van der Waals surface area contributed by atoms with E-state index < -0.39 is 0 Å². The van der Waals surface area contributed by atoms with Crippen molar-refractivity contribution in [1.29, 1.82) is 0 Å². The number of carbonyl (C=O) groups excluding carboxylic acids is 1. The molecule has 1 aromatic heterocycles. The summed E-state index contributed by atoms with van der Waals surface area (Å²) < 4.78 is 1.94. The third-order valence-corrected chi connectivity index (χ3v) is 5.68. The minimum Gasteiger partial charge on any atom is -0.338 e. The second-order valence-corrected chi connectivity index (χ2v) is 7.66. The highest BCUT2D eigenvalue weighted by Crippen LogP contribution is 2.25. The molecule has 1 heterocycles. The first kappa shape index (κ1) is 19.4. The molecule has 1 saturated carbocycles. The van der Waals surface area contributed by atoms with Crippen LogP contribution in [0.25, 0.3) is 5.69 Å². The van der Waals surface area contributed by atoms with Crippen molar-refractivity contribution < 1.29 is 4.79 Å². The number of rotatable bonds is 7. The molecule has 0 atom stereocenters. The van der Waals surface area contributed by atoms with E-state index in [4.69, 9.17) is 0 Å². The molecule has 4 heteroatoms. The van der Waals surface area contributed by atoms with E-state index in [9.17, 15) is 4.79 Å². The molecule has 1 fully saturated rings. The van der Waals surface area contributed by atoms with Crippen molar-refractivity contribution in [3.63, 3.8) is 0 Å². The molecule has 0 spiro atoms. The van der Waals surface area contributed by atoms with Crippen molar-refractivity contribution >= 4 is 5.91 Å². The second-order valence-electron chi connectivity index (χ2n) is 7.66. The Hall–Kier alpha value is -2.36. The lowest BCUT2D eigenvalue weighted by atomic mass is 9.89. The van der Waals surface area contributed by atoms with Gasteiger partial charge in [-0.05, 0) is 44.7 Å². The number of hydrogen-bond acceptors (Lipinski definition) is 2. The maximum Gasteiger partial charge on any atom is 0.227 e. The van der Waals surface area contributed by atoms with Crippen LogP contribution in [0.2, 0.25) is 0 Å². The van der Waals surface area contributed by atoms with Crippen LogP contribution in [0.15, 0.2) is 43.0 Å². The Morgan fingerprint density at radius 3 is 2.59 bits per heavy atom. The van der Waals surface area contributed by atoms with Gasteiger partial charge >= 0.3 is 0 Å². The molecule has 1 amide bonds. The van der Waals surface area contributed by atoms with Gasteiger partial charge in [-0.15, -0.1) is 6.58 Å². The Kier molecular flexibility index (Phi) is 6.49. The maximum atomic E-state index is 13.1. The van der Waals surface area contributed by atoms with Gasteiger partial charge in [0.15, 0.2) is 0 Å². The van der Waals surface area contributed by atoms with E-state index in [1.807, 2.05) is 52.9 Å². The van der Waals surface area contributed by atoms with E-state index >= 15 is 0 Å². The number of carbonyl (C=O) groups is 1. The zero-order valence-electron chi connectivity index (χ0n) is 16.7. The third kappa shape index (κ3) is 4.68. The van der Waals surface area contributed by atoms with E-state index in [2.05, 4.69) is 18.6 Å². The molecule has 1 aromatic carbocycles. The van der Waals surface area contributed by atoms with Crippen molar-refractivity contribution in [2.24, 2.45) is 5.92 Å². The van der Waals surface area contributed by atoms with E-state index in [1.165, 1.54) is 32.1 Å². The fourth-order valence-corrected chi connectivity index (χ4v) is 4.13. The smallest absolute Gasteiger partial charge is 0.227 e. The Balaban J connectivity index is 1.75. The minimum absolute atomic E-state index is 0.180. The lowest BCUT2D eigenvalue weighted by molar-refractivity contribution is -0.130. The molecule has 0 radical (unpaired) electrons. The molecule has 27 heavy (non-hydrogen) atoms. The molecule has 0 saturated heterocycles. The molecule has 1 aliphatic rings. The lowest BCUT2D eigenvalue weighted by Gasteiger charge is -2.29. The minimum atomic E-state index is 0.180. The van der Waals surface area contributed by atoms with Crippen LogP contribution in [0.3, 0.4) is 0 Å². The fourth-order valence-electron chi connectivity index (χ4n) is 4.13. The van der Waals surface area contributed by atoms with Crippen LogP contribution >= 0.6 is 0 Å². The summed E-state index contributed by atoms with van der Waals surface area (Å²) in [5.41, 5.74) is 4.05. The van der Waals surface area contributed by atoms with Crippen molar-refractivity contribution in [2.45, 2.75) is 52.4 Å². The molecule has 2 aromatic rings. The van der Waals surface area contributed by atoms with Crippen molar-refractivity contribution in [3.8, 4) is 5.69 Å². The Morgan fingerprint density at radius 1 is 1.22 bits per heavy atom. The van der Waals surface area contributed by atoms with Crippen LogP contribution in [0.5, 0.6) is 0 Å². The average Bonchev–Trinajstić information content (AvgIpc) is 2.97. The first-order valence-electron chi connectivity index (χ1n) is 10.1. The van der Waals surface area contributed by atoms with Gasteiger partial charge in [-0.1, -0.05) is 43.5 Å². The summed E-state index contributed by atoms with van der Waals surface area (Å²) in [6.07, 6.45) is 8.66. The molecule has 4 nitrogen and oxygen atoms in total. The number of aromatic nitrogens is 2. The molecule has 3 rings (SSSR count). The Bertz CT molecular complexity index is 772. The lowest BCUT2D eigenvalue weighted by Crippen LogP contribution is -2.37. The standard InChI is InChI=1S/C23H31N3O/c1-4-15-25(17-20-11-7-5-8-12-20)23(27)16-22-18(2)24-26(19(22)3)21-13-9-6-10-14-21/h4,6,9-10,13-14,20H,1,5,7-8,11-12,15-17H2,2-3H3. The highest BCUT2D eigenvalue weighted by atomic mass is 16.2. The van der Waals surface area contributed by atoms with Crippen LogP contribution < -0.4 is 0 Å².